The summed E-state index contributed by atoms with van der Waals surface area (Å²) in [6.07, 6.45) is 3.17. The van der Waals surface area contributed by atoms with Crippen LogP contribution in [0.5, 0.6) is 0 Å². The van der Waals surface area contributed by atoms with Gasteiger partial charge in [0.25, 0.3) is 5.91 Å². The van der Waals surface area contributed by atoms with E-state index in [1.165, 1.54) is 0 Å². The van der Waals surface area contributed by atoms with Crippen LogP contribution in [0.15, 0.2) is 47.7 Å². The molecule has 0 atom stereocenters. The molecule has 2 aromatic rings. The highest BCUT2D eigenvalue weighted by Crippen LogP contribution is 2.10. The van der Waals surface area contributed by atoms with Crippen molar-refractivity contribution >= 4 is 23.7 Å². The second kappa shape index (κ2) is 8.01. The second-order valence-corrected chi connectivity index (χ2v) is 5.52. The van der Waals surface area contributed by atoms with E-state index in [1.807, 2.05) is 13.8 Å². The van der Waals surface area contributed by atoms with Crippen molar-refractivity contribution in [2.75, 3.05) is 12.5 Å². The van der Waals surface area contributed by atoms with Crippen molar-refractivity contribution in [1.82, 2.24) is 10.3 Å². The first-order chi connectivity index (χ1) is 11.5. The fourth-order valence-corrected chi connectivity index (χ4v) is 1.98. The first kappa shape index (κ1) is 17.3. The molecular formula is C18H20N4O2. The Kier molecular flexibility index (Phi) is 5.78. The SMILES string of the molecule is CNC(=O)c1ccc(/C=N/Nc2ccc(C(=O)C(C)C)cn2)cc1. The lowest BCUT2D eigenvalue weighted by Crippen LogP contribution is -2.17. The Morgan fingerprint density at radius 1 is 1.08 bits per heavy atom. The van der Waals surface area contributed by atoms with E-state index in [2.05, 4.69) is 20.8 Å². The van der Waals surface area contributed by atoms with Gasteiger partial charge in [0, 0.05) is 30.3 Å². The molecule has 0 fully saturated rings. The van der Waals surface area contributed by atoms with Gasteiger partial charge in [-0.25, -0.2) is 4.98 Å². The Morgan fingerprint density at radius 3 is 2.29 bits per heavy atom. The third-order valence-electron chi connectivity index (χ3n) is 3.37. The minimum Gasteiger partial charge on any atom is -0.355 e. The highest BCUT2D eigenvalue weighted by atomic mass is 16.1. The maximum atomic E-state index is 11.8. The maximum Gasteiger partial charge on any atom is 0.251 e. The third kappa shape index (κ3) is 4.49. The van der Waals surface area contributed by atoms with Gasteiger partial charge < -0.3 is 5.32 Å². The van der Waals surface area contributed by atoms with Gasteiger partial charge in [-0.15, -0.1) is 0 Å². The minimum absolute atomic E-state index is 0.0543. The Balaban J connectivity index is 1.96. The zero-order chi connectivity index (χ0) is 17.5. The zero-order valence-electron chi connectivity index (χ0n) is 13.9. The van der Waals surface area contributed by atoms with Gasteiger partial charge in [-0.05, 0) is 29.8 Å². The molecule has 24 heavy (non-hydrogen) atoms. The van der Waals surface area contributed by atoms with E-state index >= 15 is 0 Å². The highest BCUT2D eigenvalue weighted by molar-refractivity contribution is 5.97. The van der Waals surface area contributed by atoms with Gasteiger partial charge in [0.2, 0.25) is 0 Å². The molecule has 1 heterocycles. The summed E-state index contributed by atoms with van der Waals surface area (Å²) in [5.74, 6) is 0.431. The molecule has 1 amide bonds. The smallest absolute Gasteiger partial charge is 0.251 e. The van der Waals surface area contributed by atoms with E-state index in [0.29, 0.717) is 16.9 Å². The molecule has 0 radical (unpaired) electrons. The van der Waals surface area contributed by atoms with Crippen molar-refractivity contribution in [3.63, 3.8) is 0 Å². The van der Waals surface area contributed by atoms with Crippen molar-refractivity contribution in [2.24, 2.45) is 11.0 Å². The average Bonchev–Trinajstić information content (AvgIpc) is 2.61. The summed E-state index contributed by atoms with van der Waals surface area (Å²) in [5, 5.41) is 6.66. The fourth-order valence-electron chi connectivity index (χ4n) is 1.98. The molecule has 0 saturated heterocycles. The lowest BCUT2D eigenvalue weighted by Gasteiger charge is -2.04. The summed E-state index contributed by atoms with van der Waals surface area (Å²) in [5.41, 5.74) is 4.83. The first-order valence-corrected chi connectivity index (χ1v) is 7.62. The number of hydrogen-bond acceptors (Lipinski definition) is 5. The van der Waals surface area contributed by atoms with Gasteiger partial charge in [0.05, 0.1) is 6.21 Å². The van der Waals surface area contributed by atoms with Crippen LogP contribution in [0.4, 0.5) is 5.82 Å². The van der Waals surface area contributed by atoms with Crippen molar-refractivity contribution in [1.29, 1.82) is 0 Å². The molecule has 6 nitrogen and oxygen atoms in total. The molecule has 0 bridgehead atoms. The molecule has 0 aliphatic heterocycles. The molecule has 0 aliphatic carbocycles. The maximum absolute atomic E-state index is 11.8. The largest absolute Gasteiger partial charge is 0.355 e. The number of nitrogens with one attached hydrogen (secondary N) is 2. The van der Waals surface area contributed by atoms with Crippen LogP contribution in [0, 0.1) is 5.92 Å². The normalized spacial score (nSPS) is 10.8. The van der Waals surface area contributed by atoms with E-state index in [-0.39, 0.29) is 17.6 Å². The van der Waals surface area contributed by atoms with E-state index in [1.54, 1.807) is 55.9 Å². The molecule has 6 heteroatoms. The first-order valence-electron chi connectivity index (χ1n) is 7.62. The predicted octanol–water partition coefficient (Wildman–Crippen LogP) is 2.73. The molecule has 0 saturated carbocycles. The number of hydrogen-bond donors (Lipinski definition) is 2. The van der Waals surface area contributed by atoms with E-state index in [0.717, 1.165) is 5.56 Å². The van der Waals surface area contributed by atoms with Crippen LogP contribution in [0.1, 0.15) is 40.1 Å². The molecule has 2 rings (SSSR count). The van der Waals surface area contributed by atoms with Crippen LogP contribution in [-0.4, -0.2) is 29.9 Å². The molecule has 0 spiro atoms. The number of carbonyl (C=O) groups is 2. The minimum atomic E-state index is -0.128. The number of nitrogens with zero attached hydrogens (tertiary/aromatic N) is 2. The standard InChI is InChI=1S/C18H20N4O2/c1-12(2)17(23)15-8-9-16(20-11-15)22-21-10-13-4-6-14(7-5-13)18(24)19-3/h4-12H,1-3H3,(H,19,24)(H,20,22)/b21-10+. The van der Waals surface area contributed by atoms with Crippen LogP contribution in [0.2, 0.25) is 0 Å². The number of pyridine rings is 1. The number of anilines is 1. The summed E-state index contributed by atoms with van der Waals surface area (Å²) in [4.78, 5) is 27.4. The Hall–Kier alpha value is -3.02. The predicted molar refractivity (Wildman–Crippen MR) is 94.5 cm³/mol. The lowest BCUT2D eigenvalue weighted by atomic mass is 10.0. The molecular weight excluding hydrogens is 304 g/mol. The van der Waals surface area contributed by atoms with Gasteiger partial charge in [0.15, 0.2) is 5.78 Å². The number of rotatable bonds is 6. The number of ketones is 1. The van der Waals surface area contributed by atoms with Crippen LogP contribution < -0.4 is 10.7 Å². The molecule has 124 valence electrons. The summed E-state index contributed by atoms with van der Waals surface area (Å²) in [6.45, 7) is 3.71. The number of Topliss-reactive ketones (excluding diaryl/α,β-unsaturated/α-hetero) is 1. The summed E-state index contributed by atoms with van der Waals surface area (Å²) >= 11 is 0. The van der Waals surface area contributed by atoms with Gasteiger partial charge >= 0.3 is 0 Å². The van der Waals surface area contributed by atoms with Gasteiger partial charge in [0.1, 0.15) is 5.82 Å². The zero-order valence-corrected chi connectivity index (χ0v) is 13.9. The Labute approximate surface area is 141 Å². The molecule has 1 aromatic heterocycles. The highest BCUT2D eigenvalue weighted by Gasteiger charge is 2.10. The molecule has 0 unspecified atom stereocenters. The Morgan fingerprint density at radius 2 is 1.75 bits per heavy atom. The molecule has 1 aromatic carbocycles. The topological polar surface area (TPSA) is 83.5 Å². The van der Waals surface area contributed by atoms with Crippen molar-refractivity contribution in [2.45, 2.75) is 13.8 Å². The fraction of sp³-hybridized carbons (Fsp3) is 0.222. The molecule has 0 aliphatic rings. The van der Waals surface area contributed by atoms with Gasteiger partial charge in [-0.3, -0.25) is 15.0 Å². The van der Waals surface area contributed by atoms with E-state index < -0.39 is 0 Å². The number of aromatic nitrogens is 1. The van der Waals surface area contributed by atoms with Crippen molar-refractivity contribution in [3.8, 4) is 0 Å². The quantitative estimate of drug-likeness (QED) is 0.486. The number of amides is 1. The number of carbonyl (C=O) groups excluding carboxylic acids is 2. The number of hydrazone groups is 1. The summed E-state index contributed by atoms with van der Waals surface area (Å²) in [6, 6.07) is 10.5. The second-order valence-electron chi connectivity index (χ2n) is 5.52. The van der Waals surface area contributed by atoms with Crippen LogP contribution >= 0.6 is 0 Å². The average molecular weight is 324 g/mol. The van der Waals surface area contributed by atoms with Crippen LogP contribution in [0.3, 0.4) is 0 Å². The van der Waals surface area contributed by atoms with E-state index in [9.17, 15) is 9.59 Å². The third-order valence-corrected chi connectivity index (χ3v) is 3.37. The van der Waals surface area contributed by atoms with E-state index in [4.69, 9.17) is 0 Å². The van der Waals surface area contributed by atoms with Crippen LogP contribution in [0.25, 0.3) is 0 Å². The monoisotopic (exact) mass is 324 g/mol. The van der Waals surface area contributed by atoms with Gasteiger partial charge in [-0.1, -0.05) is 26.0 Å². The summed E-state index contributed by atoms with van der Waals surface area (Å²) < 4.78 is 0. The van der Waals surface area contributed by atoms with Crippen molar-refractivity contribution in [3.05, 3.63) is 59.3 Å². The lowest BCUT2D eigenvalue weighted by molar-refractivity contribution is 0.0937. The van der Waals surface area contributed by atoms with Crippen molar-refractivity contribution < 1.29 is 9.59 Å². The molecule has 2 N–H and O–H groups in total. The summed E-state index contributed by atoms with van der Waals surface area (Å²) in [7, 11) is 1.59. The van der Waals surface area contributed by atoms with Gasteiger partial charge in [-0.2, -0.15) is 5.10 Å². The Bertz CT molecular complexity index is 735. The number of benzene rings is 1. The van der Waals surface area contributed by atoms with Crippen LogP contribution in [-0.2, 0) is 0 Å².